The molecule has 6 rings (SSSR count). The Kier molecular flexibility index (Phi) is 5.58. The number of aryl methyl sites for hydroxylation is 1. The van der Waals surface area contributed by atoms with E-state index in [1.165, 1.54) is 0 Å². The van der Waals surface area contributed by atoms with Gasteiger partial charge in [0, 0.05) is 39.7 Å². The monoisotopic (exact) mass is 624 g/mol. The molecule has 0 bridgehead atoms. The van der Waals surface area contributed by atoms with Crippen LogP contribution in [0.25, 0.3) is 22.2 Å². The van der Waals surface area contributed by atoms with Crippen LogP contribution in [0, 0.1) is 13.0 Å². The maximum absolute atomic E-state index is 10.3. The van der Waals surface area contributed by atoms with E-state index in [2.05, 4.69) is 59.1 Å². The van der Waals surface area contributed by atoms with Crippen LogP contribution in [0.5, 0.6) is 5.75 Å². The molecule has 6 heteroatoms. The zero-order valence-electron chi connectivity index (χ0n) is 18.6. The molecule has 0 unspecified atom stereocenters. The summed E-state index contributed by atoms with van der Waals surface area (Å²) in [6, 6.07) is 29.5. The van der Waals surface area contributed by atoms with Crippen molar-refractivity contribution in [2.24, 2.45) is 0 Å². The van der Waals surface area contributed by atoms with Gasteiger partial charge in [0.25, 0.3) is 0 Å². The van der Waals surface area contributed by atoms with Crippen LogP contribution in [0.3, 0.4) is 0 Å². The van der Waals surface area contributed by atoms with Crippen LogP contribution in [0.4, 0.5) is 28.6 Å². The summed E-state index contributed by atoms with van der Waals surface area (Å²) in [7, 11) is 2.07. The van der Waals surface area contributed by atoms with Crippen molar-refractivity contribution in [1.29, 1.82) is 0 Å². The SMILES string of the molecule is Cc1ccnc(N2c3[c-]c(-c4ccc5cccc(O)c5n4)ccc3N(C)c3ccccc32)c1.[Pt]. The molecular formula is C28H21N4OPt-. The molecule has 1 aliphatic rings. The Morgan fingerprint density at radius 3 is 2.50 bits per heavy atom. The number of phenols is 1. The summed E-state index contributed by atoms with van der Waals surface area (Å²) in [5, 5.41) is 11.2. The minimum atomic E-state index is 0. The maximum Gasteiger partial charge on any atom is 0.140 e. The summed E-state index contributed by atoms with van der Waals surface area (Å²) < 4.78 is 0. The predicted octanol–water partition coefficient (Wildman–Crippen LogP) is 6.66. The van der Waals surface area contributed by atoms with Crippen molar-refractivity contribution in [1.82, 2.24) is 9.97 Å². The van der Waals surface area contributed by atoms with Crippen molar-refractivity contribution < 1.29 is 26.2 Å². The van der Waals surface area contributed by atoms with E-state index in [1.54, 1.807) is 6.07 Å². The Labute approximate surface area is 212 Å². The Bertz CT molecular complexity index is 1530. The van der Waals surface area contributed by atoms with Gasteiger partial charge >= 0.3 is 0 Å². The predicted molar refractivity (Wildman–Crippen MR) is 133 cm³/mol. The average molecular weight is 625 g/mol. The van der Waals surface area contributed by atoms with Gasteiger partial charge < -0.3 is 14.9 Å². The number of hydrogen-bond acceptors (Lipinski definition) is 5. The van der Waals surface area contributed by atoms with Crippen LogP contribution in [0.2, 0.25) is 0 Å². The molecule has 1 N–H and O–H groups in total. The van der Waals surface area contributed by atoms with Gasteiger partial charge in [-0.05, 0) is 59.9 Å². The zero-order chi connectivity index (χ0) is 22.5. The summed E-state index contributed by atoms with van der Waals surface area (Å²) in [5.41, 5.74) is 7.41. The molecule has 1 aliphatic heterocycles. The van der Waals surface area contributed by atoms with Crippen LogP contribution in [-0.2, 0) is 21.1 Å². The Hall–Kier alpha value is -3.69. The number of aromatic nitrogens is 2. The largest absolute Gasteiger partial charge is 0.506 e. The number of nitrogens with zero attached hydrogens (tertiary/aromatic N) is 4. The Morgan fingerprint density at radius 1 is 0.853 bits per heavy atom. The molecule has 0 aliphatic carbocycles. The molecule has 0 atom stereocenters. The molecule has 34 heavy (non-hydrogen) atoms. The van der Waals surface area contributed by atoms with Crippen molar-refractivity contribution >= 4 is 39.5 Å². The summed E-state index contributed by atoms with van der Waals surface area (Å²) in [6.07, 6.45) is 1.84. The molecule has 0 radical (unpaired) electrons. The molecule has 3 aromatic carbocycles. The van der Waals surface area contributed by atoms with Crippen molar-refractivity contribution in [2.75, 3.05) is 16.8 Å². The topological polar surface area (TPSA) is 52.5 Å². The molecule has 2 aromatic heterocycles. The van der Waals surface area contributed by atoms with Crippen LogP contribution in [0.1, 0.15) is 5.56 Å². The molecule has 170 valence electrons. The number of para-hydroxylation sites is 3. The molecule has 0 saturated carbocycles. The van der Waals surface area contributed by atoms with Crippen molar-refractivity contribution in [2.45, 2.75) is 6.92 Å². The first-order chi connectivity index (χ1) is 16.1. The number of aromatic hydroxyl groups is 1. The second-order valence-electron chi connectivity index (χ2n) is 8.23. The third-order valence-corrected chi connectivity index (χ3v) is 6.08. The first kappa shape index (κ1) is 22.1. The van der Waals surface area contributed by atoms with Gasteiger partial charge in [-0.3, -0.25) is 4.98 Å². The minimum absolute atomic E-state index is 0. The van der Waals surface area contributed by atoms with Gasteiger partial charge in [-0.2, -0.15) is 0 Å². The summed E-state index contributed by atoms with van der Waals surface area (Å²) in [4.78, 5) is 13.7. The van der Waals surface area contributed by atoms with Gasteiger partial charge in [-0.1, -0.05) is 36.4 Å². The van der Waals surface area contributed by atoms with Gasteiger partial charge in [-0.15, -0.1) is 23.8 Å². The fraction of sp³-hybridized carbons (Fsp3) is 0.0714. The Morgan fingerprint density at radius 2 is 1.68 bits per heavy atom. The number of fused-ring (bicyclic) bond motifs is 3. The molecule has 0 spiro atoms. The van der Waals surface area contributed by atoms with Gasteiger partial charge in [0.15, 0.2) is 0 Å². The summed E-state index contributed by atoms with van der Waals surface area (Å²) in [6.45, 7) is 2.07. The summed E-state index contributed by atoms with van der Waals surface area (Å²) in [5.74, 6) is 1.01. The van der Waals surface area contributed by atoms with Gasteiger partial charge in [-0.25, -0.2) is 4.98 Å². The number of benzene rings is 3. The van der Waals surface area contributed by atoms with E-state index in [4.69, 9.17) is 4.98 Å². The molecular weight excluding hydrogens is 603 g/mol. The number of phenolic OH excluding ortho intramolecular Hbond substituents is 1. The molecule has 0 amide bonds. The minimum Gasteiger partial charge on any atom is -0.506 e. The van der Waals surface area contributed by atoms with Crippen LogP contribution < -0.4 is 9.80 Å². The fourth-order valence-electron chi connectivity index (χ4n) is 4.41. The van der Waals surface area contributed by atoms with Crippen molar-refractivity contribution in [3.63, 3.8) is 0 Å². The number of anilines is 5. The van der Waals surface area contributed by atoms with E-state index in [0.29, 0.717) is 5.52 Å². The number of pyridine rings is 2. The number of hydrogen-bond donors (Lipinski definition) is 1. The third kappa shape index (κ3) is 3.53. The molecule has 5 nitrogen and oxygen atoms in total. The fourth-order valence-corrected chi connectivity index (χ4v) is 4.41. The number of rotatable bonds is 2. The van der Waals surface area contributed by atoms with Crippen LogP contribution in [0.15, 0.2) is 85.1 Å². The van der Waals surface area contributed by atoms with Crippen molar-refractivity contribution in [3.05, 3.63) is 96.7 Å². The van der Waals surface area contributed by atoms with Gasteiger partial charge in [0.1, 0.15) is 17.1 Å². The zero-order valence-corrected chi connectivity index (χ0v) is 20.9. The average Bonchev–Trinajstić information content (AvgIpc) is 2.84. The van der Waals surface area contributed by atoms with E-state index in [1.807, 2.05) is 54.7 Å². The van der Waals surface area contributed by atoms with E-state index >= 15 is 0 Å². The second-order valence-corrected chi connectivity index (χ2v) is 8.23. The smallest absolute Gasteiger partial charge is 0.140 e. The van der Waals surface area contributed by atoms with Crippen LogP contribution >= 0.6 is 0 Å². The first-order valence-corrected chi connectivity index (χ1v) is 10.8. The van der Waals surface area contributed by atoms with Crippen LogP contribution in [-0.4, -0.2) is 22.1 Å². The molecule has 3 heterocycles. The van der Waals surface area contributed by atoms with Gasteiger partial charge in [0.05, 0.1) is 11.4 Å². The first-order valence-electron chi connectivity index (χ1n) is 10.8. The second kappa shape index (κ2) is 8.58. The molecule has 0 fully saturated rings. The molecule has 0 saturated heterocycles. The maximum atomic E-state index is 10.3. The normalized spacial score (nSPS) is 12.2. The Balaban J connectivity index is 0.00000241. The quantitative estimate of drug-likeness (QED) is 0.223. The van der Waals surface area contributed by atoms with Gasteiger partial charge in [0.2, 0.25) is 0 Å². The third-order valence-electron chi connectivity index (χ3n) is 6.08. The van der Waals surface area contributed by atoms with E-state index in [-0.39, 0.29) is 26.8 Å². The van der Waals surface area contributed by atoms with E-state index in [0.717, 1.165) is 50.8 Å². The summed E-state index contributed by atoms with van der Waals surface area (Å²) >= 11 is 0. The molecule has 5 aromatic rings. The van der Waals surface area contributed by atoms with E-state index in [9.17, 15) is 5.11 Å². The van der Waals surface area contributed by atoms with Crippen molar-refractivity contribution in [3.8, 4) is 17.0 Å². The standard InChI is InChI=1S/C28H21N4O.Pt/c1-18-14-15-29-27(16-18)32-24-8-4-3-7-22(24)31(2)23-13-11-20(17-25(23)32)21-12-10-19-6-5-9-26(33)28(19)30-21;/h3-16,33H,1-2H3;/q-1;. The van der Waals surface area contributed by atoms with E-state index < -0.39 is 0 Å².